The topological polar surface area (TPSA) is 72.7 Å². The van der Waals surface area contributed by atoms with Gasteiger partial charge in [0.1, 0.15) is 0 Å². The number of nitrogens with one attached hydrogen (secondary N) is 1. The molecule has 0 amide bonds. The van der Waals surface area contributed by atoms with E-state index in [0.717, 1.165) is 5.56 Å². The number of nitrogens with zero attached hydrogens (tertiary/aromatic N) is 3. The van der Waals surface area contributed by atoms with Crippen molar-refractivity contribution < 1.29 is 0 Å². The Hall–Kier alpha value is -2.11. The van der Waals surface area contributed by atoms with Crippen molar-refractivity contribution in [3.8, 4) is 0 Å². The minimum absolute atomic E-state index is 0.373. The van der Waals surface area contributed by atoms with Gasteiger partial charge in [-0.05, 0) is 12.0 Å². The Morgan fingerprint density at radius 1 is 1.44 bits per heavy atom. The second-order valence-corrected chi connectivity index (χ2v) is 3.58. The van der Waals surface area contributed by atoms with Crippen LogP contribution >= 0.6 is 0 Å². The number of hydrogen-bond donors (Lipinski definition) is 1. The lowest BCUT2D eigenvalue weighted by molar-refractivity contribution is 0.644. The van der Waals surface area contributed by atoms with Crippen molar-refractivity contribution in [2.45, 2.75) is 13.0 Å². The van der Waals surface area contributed by atoms with Crippen molar-refractivity contribution in [3.05, 3.63) is 51.1 Å². The first-order chi connectivity index (χ1) is 7.65. The van der Waals surface area contributed by atoms with Crippen LogP contribution in [0.1, 0.15) is 5.56 Å². The summed E-state index contributed by atoms with van der Waals surface area (Å²) in [6.45, 7) is 0.529. The van der Waals surface area contributed by atoms with E-state index < -0.39 is 0 Å². The van der Waals surface area contributed by atoms with Gasteiger partial charge in [0.05, 0.1) is 6.20 Å². The number of aryl methyl sites for hydroxylation is 3. The Bertz CT molecular complexity index is 593. The molecule has 0 aromatic carbocycles. The highest BCUT2D eigenvalue weighted by molar-refractivity contribution is 5.03. The zero-order chi connectivity index (χ0) is 11.5. The second kappa shape index (κ2) is 4.18. The first kappa shape index (κ1) is 10.4. The molecule has 0 saturated carbocycles. The smallest absolute Gasteiger partial charge is 0.300 e. The molecule has 2 aromatic heterocycles. The quantitative estimate of drug-likeness (QED) is 0.758. The molecule has 2 rings (SSSR count). The van der Waals surface area contributed by atoms with Gasteiger partial charge in [-0.15, -0.1) is 0 Å². The molecule has 6 nitrogen and oxygen atoms in total. The maximum absolute atomic E-state index is 11.4. The van der Waals surface area contributed by atoms with Gasteiger partial charge >= 0.3 is 5.69 Å². The standard InChI is InChI=1S/C10H12N4O2/c1-13-7-8(6-11-13)2-4-14-5-3-9(15)12-10(14)16/h3,5-7H,2,4H2,1H3,(H,12,15,16). The van der Waals surface area contributed by atoms with Crippen molar-refractivity contribution in [1.29, 1.82) is 0 Å². The first-order valence-corrected chi connectivity index (χ1v) is 4.92. The highest BCUT2D eigenvalue weighted by Crippen LogP contribution is 1.98. The number of hydrogen-bond acceptors (Lipinski definition) is 3. The van der Waals surface area contributed by atoms with E-state index in [1.807, 2.05) is 13.2 Å². The maximum atomic E-state index is 11.4. The monoisotopic (exact) mass is 220 g/mol. The van der Waals surface area contributed by atoms with Gasteiger partial charge in [0, 0.05) is 32.1 Å². The zero-order valence-corrected chi connectivity index (χ0v) is 8.88. The van der Waals surface area contributed by atoms with Crippen molar-refractivity contribution in [2.75, 3.05) is 0 Å². The van der Waals surface area contributed by atoms with E-state index in [1.165, 1.54) is 16.8 Å². The van der Waals surface area contributed by atoms with Crippen LogP contribution in [0.5, 0.6) is 0 Å². The van der Waals surface area contributed by atoms with E-state index in [2.05, 4.69) is 10.1 Å². The highest BCUT2D eigenvalue weighted by atomic mass is 16.2. The molecule has 0 radical (unpaired) electrons. The first-order valence-electron chi connectivity index (χ1n) is 4.92. The van der Waals surface area contributed by atoms with Crippen molar-refractivity contribution in [1.82, 2.24) is 19.3 Å². The number of aromatic amines is 1. The fourth-order valence-corrected chi connectivity index (χ4v) is 1.47. The fourth-order valence-electron chi connectivity index (χ4n) is 1.47. The van der Waals surface area contributed by atoms with Crippen LogP contribution in [0, 0.1) is 0 Å². The fraction of sp³-hybridized carbons (Fsp3) is 0.300. The summed E-state index contributed by atoms with van der Waals surface area (Å²) < 4.78 is 3.18. The molecule has 0 aliphatic rings. The molecule has 0 spiro atoms. The Morgan fingerprint density at radius 2 is 2.25 bits per heavy atom. The molecular formula is C10H12N4O2. The second-order valence-electron chi connectivity index (χ2n) is 3.58. The SMILES string of the molecule is Cn1cc(CCn2ccc(=O)[nH]c2=O)cn1. The molecule has 0 unspecified atom stereocenters. The third-order valence-electron chi connectivity index (χ3n) is 2.30. The molecule has 2 heterocycles. The maximum Gasteiger partial charge on any atom is 0.328 e. The summed E-state index contributed by atoms with van der Waals surface area (Å²) in [7, 11) is 1.84. The van der Waals surface area contributed by atoms with Crippen LogP contribution in [-0.2, 0) is 20.0 Å². The Labute approximate surface area is 91.2 Å². The summed E-state index contributed by atoms with van der Waals surface area (Å²) in [6.07, 6.45) is 5.87. The van der Waals surface area contributed by atoms with Crippen molar-refractivity contribution >= 4 is 0 Å². The van der Waals surface area contributed by atoms with Crippen LogP contribution in [0.2, 0.25) is 0 Å². The number of aromatic nitrogens is 4. The largest absolute Gasteiger partial charge is 0.328 e. The predicted octanol–water partition coefficient (Wildman–Crippen LogP) is -0.487. The minimum Gasteiger partial charge on any atom is -0.300 e. The Kier molecular flexibility index (Phi) is 2.72. The molecule has 0 aliphatic carbocycles. The van der Waals surface area contributed by atoms with Crippen molar-refractivity contribution in [2.24, 2.45) is 7.05 Å². The zero-order valence-electron chi connectivity index (χ0n) is 8.88. The normalized spacial score (nSPS) is 10.6. The van der Waals surface area contributed by atoms with Crippen LogP contribution < -0.4 is 11.2 Å². The number of rotatable bonds is 3. The van der Waals surface area contributed by atoms with Crippen LogP contribution in [-0.4, -0.2) is 19.3 Å². The van der Waals surface area contributed by atoms with E-state index in [9.17, 15) is 9.59 Å². The lowest BCUT2D eigenvalue weighted by atomic mass is 10.2. The molecule has 0 fully saturated rings. The molecule has 0 bridgehead atoms. The lowest BCUT2D eigenvalue weighted by Crippen LogP contribution is -2.29. The Morgan fingerprint density at radius 3 is 2.88 bits per heavy atom. The van der Waals surface area contributed by atoms with Crippen LogP contribution in [0.15, 0.2) is 34.2 Å². The Balaban J connectivity index is 2.10. The van der Waals surface area contributed by atoms with Gasteiger partial charge in [-0.3, -0.25) is 14.5 Å². The minimum atomic E-state index is -0.378. The van der Waals surface area contributed by atoms with Crippen LogP contribution in [0.3, 0.4) is 0 Å². The third kappa shape index (κ3) is 2.28. The molecule has 84 valence electrons. The van der Waals surface area contributed by atoms with Gasteiger partial charge in [-0.1, -0.05) is 0 Å². The van der Waals surface area contributed by atoms with E-state index in [1.54, 1.807) is 10.9 Å². The van der Waals surface area contributed by atoms with E-state index in [4.69, 9.17) is 0 Å². The molecule has 16 heavy (non-hydrogen) atoms. The predicted molar refractivity (Wildman–Crippen MR) is 58.2 cm³/mol. The molecule has 0 saturated heterocycles. The van der Waals surface area contributed by atoms with Gasteiger partial charge in [0.25, 0.3) is 5.56 Å². The summed E-state index contributed by atoms with van der Waals surface area (Å²) >= 11 is 0. The van der Waals surface area contributed by atoms with Gasteiger partial charge in [-0.25, -0.2) is 4.79 Å². The summed E-state index contributed by atoms with van der Waals surface area (Å²) in [5, 5.41) is 4.04. The molecule has 1 N–H and O–H groups in total. The average molecular weight is 220 g/mol. The number of H-pyrrole nitrogens is 1. The highest BCUT2D eigenvalue weighted by Gasteiger charge is 1.99. The van der Waals surface area contributed by atoms with Gasteiger partial charge in [0.2, 0.25) is 0 Å². The van der Waals surface area contributed by atoms with E-state index in [0.29, 0.717) is 13.0 Å². The summed E-state index contributed by atoms with van der Waals surface area (Å²) in [5.74, 6) is 0. The summed E-state index contributed by atoms with van der Waals surface area (Å²) in [5.41, 5.74) is 0.305. The van der Waals surface area contributed by atoms with Crippen LogP contribution in [0.4, 0.5) is 0 Å². The molecule has 2 aromatic rings. The van der Waals surface area contributed by atoms with E-state index >= 15 is 0 Å². The van der Waals surface area contributed by atoms with E-state index in [-0.39, 0.29) is 11.2 Å². The summed E-state index contributed by atoms with van der Waals surface area (Å²) in [6, 6.07) is 1.34. The third-order valence-corrected chi connectivity index (χ3v) is 2.30. The average Bonchev–Trinajstić information content (AvgIpc) is 2.63. The van der Waals surface area contributed by atoms with Gasteiger partial charge in [-0.2, -0.15) is 5.10 Å². The lowest BCUT2D eigenvalue weighted by Gasteiger charge is -2.01. The molecular weight excluding hydrogens is 208 g/mol. The molecule has 0 atom stereocenters. The van der Waals surface area contributed by atoms with Gasteiger partial charge in [0.15, 0.2) is 0 Å². The van der Waals surface area contributed by atoms with Gasteiger partial charge < -0.3 is 4.57 Å². The summed E-state index contributed by atoms with van der Waals surface area (Å²) in [4.78, 5) is 24.4. The van der Waals surface area contributed by atoms with Crippen LogP contribution in [0.25, 0.3) is 0 Å². The van der Waals surface area contributed by atoms with Crippen molar-refractivity contribution in [3.63, 3.8) is 0 Å². The molecule has 6 heteroatoms. The molecule has 0 aliphatic heterocycles.